The van der Waals surface area contributed by atoms with Crippen LogP contribution in [0.3, 0.4) is 0 Å². The van der Waals surface area contributed by atoms with Crippen LogP contribution in [0.15, 0.2) is 0 Å². The van der Waals surface area contributed by atoms with Gasteiger partial charge in [0.25, 0.3) is 0 Å². The molecule has 0 aromatic carbocycles. The zero-order chi connectivity index (χ0) is 6.69. The van der Waals surface area contributed by atoms with Gasteiger partial charge in [-0.2, -0.15) is 5.92 Å². The molecule has 61 valence electrons. The summed E-state index contributed by atoms with van der Waals surface area (Å²) >= 11 is 0. The second kappa shape index (κ2) is 5.30. The van der Waals surface area contributed by atoms with E-state index in [1.54, 1.807) is 0 Å². The Kier molecular flexibility index (Phi) is 5.63. The molecule has 1 atom stereocenters. The molecular weight excluding hydrogens is 298 g/mol. The van der Waals surface area contributed by atoms with E-state index < -0.39 is 0 Å². The molecule has 1 aliphatic rings. The summed E-state index contributed by atoms with van der Waals surface area (Å²) in [5.41, 5.74) is 0. The molecule has 0 bridgehead atoms. The average Bonchev–Trinajstić information content (AvgIpc) is 1.90. The van der Waals surface area contributed by atoms with E-state index in [-0.39, 0.29) is 20.4 Å². The van der Waals surface area contributed by atoms with Gasteiger partial charge in [0, 0.05) is 27.0 Å². The maximum atomic E-state index is 5.19. The molecule has 0 spiro atoms. The van der Waals surface area contributed by atoms with Crippen molar-refractivity contribution in [1.29, 1.82) is 0 Å². The third-order valence-electron chi connectivity index (χ3n) is 1.97. The van der Waals surface area contributed by atoms with Crippen LogP contribution in [0.4, 0.5) is 0 Å². The molecule has 0 N–H and O–H groups in total. The largest absolute Gasteiger partial charge is 0.413 e. The predicted molar refractivity (Wildman–Crippen MR) is 38.1 cm³/mol. The van der Waals surface area contributed by atoms with E-state index in [2.05, 4.69) is 20.3 Å². The monoisotopic (exact) mass is 314 g/mol. The third kappa shape index (κ3) is 3.14. The molecule has 0 aromatic heterocycles. The van der Waals surface area contributed by atoms with Crippen LogP contribution in [0.25, 0.3) is 0 Å². The summed E-state index contributed by atoms with van der Waals surface area (Å²) in [4.78, 5) is 0. The molecule has 1 saturated heterocycles. The standard InChI is InChI=1S/C8H15O.Re/c1-7(2)8-3-5-9-6-4-8;/h3,7-8H,4-6H2,1-2H3;/q-1;. The van der Waals surface area contributed by atoms with Gasteiger partial charge in [-0.3, -0.25) is 6.42 Å². The van der Waals surface area contributed by atoms with Crippen LogP contribution in [0.1, 0.15) is 20.3 Å². The van der Waals surface area contributed by atoms with Gasteiger partial charge in [0.05, 0.1) is 0 Å². The molecule has 1 radical (unpaired) electrons. The molecule has 10 heavy (non-hydrogen) atoms. The van der Waals surface area contributed by atoms with Crippen molar-refractivity contribution in [2.24, 2.45) is 11.8 Å². The number of hydrogen-bond donors (Lipinski definition) is 0. The van der Waals surface area contributed by atoms with Crippen LogP contribution in [-0.2, 0) is 25.2 Å². The molecule has 2 heteroatoms. The van der Waals surface area contributed by atoms with Crippen LogP contribution in [0, 0.1) is 18.3 Å². The Morgan fingerprint density at radius 2 is 2.20 bits per heavy atom. The van der Waals surface area contributed by atoms with Gasteiger partial charge in [-0.1, -0.05) is 32.8 Å². The molecule has 1 fully saturated rings. The first-order valence-electron chi connectivity index (χ1n) is 3.72. The van der Waals surface area contributed by atoms with Crippen LogP contribution >= 0.6 is 0 Å². The molecule has 1 heterocycles. The SMILES string of the molecule is CC(C)C1[CH-]COCC1.[Re]. The van der Waals surface area contributed by atoms with Crippen molar-refractivity contribution in [3.63, 3.8) is 0 Å². The molecule has 0 aromatic rings. The maximum Gasteiger partial charge on any atom is 0.0408 e. The Balaban J connectivity index is 0.000000810. The van der Waals surface area contributed by atoms with Crippen molar-refractivity contribution in [3.8, 4) is 0 Å². The van der Waals surface area contributed by atoms with Gasteiger partial charge in [0.15, 0.2) is 0 Å². The van der Waals surface area contributed by atoms with Gasteiger partial charge >= 0.3 is 0 Å². The Labute approximate surface area is 77.2 Å². The Morgan fingerprint density at radius 1 is 1.50 bits per heavy atom. The third-order valence-corrected chi connectivity index (χ3v) is 1.97. The van der Waals surface area contributed by atoms with Gasteiger partial charge in [-0.05, 0) is 0 Å². The van der Waals surface area contributed by atoms with Crippen molar-refractivity contribution in [1.82, 2.24) is 0 Å². The van der Waals surface area contributed by atoms with Crippen molar-refractivity contribution in [2.75, 3.05) is 13.2 Å². The van der Waals surface area contributed by atoms with Crippen molar-refractivity contribution in [2.45, 2.75) is 20.3 Å². The molecule has 0 aliphatic carbocycles. The van der Waals surface area contributed by atoms with E-state index >= 15 is 0 Å². The van der Waals surface area contributed by atoms with Crippen LogP contribution in [0.5, 0.6) is 0 Å². The fraction of sp³-hybridized carbons (Fsp3) is 0.875. The van der Waals surface area contributed by atoms with E-state index in [1.807, 2.05) is 0 Å². The van der Waals surface area contributed by atoms with E-state index in [0.717, 1.165) is 25.0 Å². The first-order valence-corrected chi connectivity index (χ1v) is 3.72. The minimum atomic E-state index is 0. The zero-order valence-electron chi connectivity index (χ0n) is 6.64. The van der Waals surface area contributed by atoms with Crippen LogP contribution in [0.2, 0.25) is 0 Å². The van der Waals surface area contributed by atoms with E-state index in [9.17, 15) is 0 Å². The minimum absolute atomic E-state index is 0. The number of ether oxygens (including phenoxy) is 1. The number of rotatable bonds is 1. The summed E-state index contributed by atoms with van der Waals surface area (Å²) in [6, 6.07) is 0. The predicted octanol–water partition coefficient (Wildman–Crippen LogP) is 1.88. The summed E-state index contributed by atoms with van der Waals surface area (Å²) in [5.74, 6) is 1.60. The van der Waals surface area contributed by atoms with Gasteiger partial charge in [-0.15, -0.1) is 0 Å². The molecular formula is C8H15ORe-. The summed E-state index contributed by atoms with van der Waals surface area (Å²) in [6.07, 6.45) is 3.51. The Morgan fingerprint density at radius 3 is 2.50 bits per heavy atom. The van der Waals surface area contributed by atoms with Crippen LogP contribution in [-0.4, -0.2) is 13.2 Å². The second-order valence-corrected chi connectivity index (χ2v) is 3.01. The molecule has 0 saturated carbocycles. The van der Waals surface area contributed by atoms with Crippen molar-refractivity contribution in [3.05, 3.63) is 6.42 Å². The smallest absolute Gasteiger partial charge is 0.0408 e. The quantitative estimate of drug-likeness (QED) is 0.672. The summed E-state index contributed by atoms with van der Waals surface area (Å²) in [5, 5.41) is 0. The normalized spacial score (nSPS) is 26.1. The zero-order valence-corrected chi connectivity index (χ0v) is 9.36. The van der Waals surface area contributed by atoms with Gasteiger partial charge in [0.1, 0.15) is 0 Å². The first kappa shape index (κ1) is 10.6. The Hall–Kier alpha value is 0.622. The molecule has 0 amide bonds. The summed E-state index contributed by atoms with van der Waals surface area (Å²) < 4.78 is 5.19. The maximum absolute atomic E-state index is 5.19. The second-order valence-electron chi connectivity index (χ2n) is 3.01. The average molecular weight is 313 g/mol. The fourth-order valence-electron chi connectivity index (χ4n) is 1.22. The van der Waals surface area contributed by atoms with Crippen LogP contribution < -0.4 is 0 Å². The molecule has 1 nitrogen and oxygen atoms in total. The Bertz CT molecular complexity index is 77.3. The molecule has 1 aliphatic heterocycles. The summed E-state index contributed by atoms with van der Waals surface area (Å²) in [7, 11) is 0. The molecule has 1 unspecified atom stereocenters. The minimum Gasteiger partial charge on any atom is -0.413 e. The molecule has 1 rings (SSSR count). The van der Waals surface area contributed by atoms with Gasteiger partial charge in [-0.25, -0.2) is 0 Å². The van der Waals surface area contributed by atoms with Gasteiger partial charge < -0.3 is 4.74 Å². The topological polar surface area (TPSA) is 9.23 Å². The first-order chi connectivity index (χ1) is 4.30. The number of hydrogen-bond acceptors (Lipinski definition) is 1. The van der Waals surface area contributed by atoms with Crippen molar-refractivity contribution < 1.29 is 25.2 Å². The van der Waals surface area contributed by atoms with E-state index in [4.69, 9.17) is 4.74 Å². The van der Waals surface area contributed by atoms with Crippen molar-refractivity contribution >= 4 is 0 Å². The van der Waals surface area contributed by atoms with E-state index in [0.29, 0.717) is 0 Å². The van der Waals surface area contributed by atoms with Gasteiger partial charge in [0.2, 0.25) is 0 Å². The fourth-order valence-corrected chi connectivity index (χ4v) is 1.22. The van der Waals surface area contributed by atoms with E-state index in [1.165, 1.54) is 6.42 Å². The summed E-state index contributed by atoms with van der Waals surface area (Å²) in [6.45, 7) is 6.36.